The normalized spacial score (nSPS) is 10.6. The molecule has 0 bridgehead atoms. The second-order valence-corrected chi connectivity index (χ2v) is 8.56. The fraction of sp³-hybridized carbons (Fsp3) is 0.0833. The molecule has 0 saturated heterocycles. The van der Waals surface area contributed by atoms with Crippen molar-refractivity contribution in [1.82, 2.24) is 4.98 Å². The Hall–Kier alpha value is -2.89. The van der Waals surface area contributed by atoms with E-state index >= 15 is 0 Å². The lowest BCUT2D eigenvalue weighted by molar-refractivity contribution is -0.115. The van der Waals surface area contributed by atoms with Gasteiger partial charge in [0, 0.05) is 22.6 Å². The van der Waals surface area contributed by atoms with Crippen molar-refractivity contribution in [2.24, 2.45) is 0 Å². The Morgan fingerprint density at radius 2 is 1.41 bits per heavy atom. The lowest BCUT2D eigenvalue weighted by atomic mass is 10.1. The molecule has 3 nitrogen and oxygen atoms in total. The predicted molar refractivity (Wildman–Crippen MR) is 123 cm³/mol. The highest BCUT2D eigenvalue weighted by Crippen LogP contribution is 2.38. The van der Waals surface area contributed by atoms with Crippen molar-refractivity contribution in [2.75, 3.05) is 11.1 Å². The summed E-state index contributed by atoms with van der Waals surface area (Å²) in [5.74, 6) is 0.722. The van der Waals surface area contributed by atoms with Crippen molar-refractivity contribution in [3.63, 3.8) is 0 Å². The van der Waals surface area contributed by atoms with Crippen LogP contribution < -0.4 is 5.32 Å². The molecule has 0 saturated carbocycles. The Balaban J connectivity index is 1.49. The van der Waals surface area contributed by atoms with Gasteiger partial charge in [0.25, 0.3) is 0 Å². The van der Waals surface area contributed by atoms with E-state index in [2.05, 4.69) is 29.6 Å². The lowest BCUT2D eigenvalue weighted by Crippen LogP contribution is -2.11. The molecular weight excluding hydrogens is 396 g/mol. The number of hydrogen-bond donors (Lipinski definition) is 1. The van der Waals surface area contributed by atoms with E-state index in [0.717, 1.165) is 27.5 Å². The Kier molecular flexibility index (Phi) is 6.39. The number of thiazole rings is 1. The maximum absolute atomic E-state index is 12.4. The van der Waals surface area contributed by atoms with Crippen molar-refractivity contribution in [2.45, 2.75) is 11.3 Å². The number of anilines is 1. The summed E-state index contributed by atoms with van der Waals surface area (Å²) in [7, 11) is 0. The molecule has 1 heterocycles. The third-order valence-corrected chi connectivity index (χ3v) is 6.33. The summed E-state index contributed by atoms with van der Waals surface area (Å²) in [4.78, 5) is 19.4. The van der Waals surface area contributed by atoms with Crippen LogP contribution in [0.4, 0.5) is 5.13 Å². The van der Waals surface area contributed by atoms with E-state index in [1.54, 1.807) is 11.8 Å². The molecule has 3 aromatic carbocycles. The monoisotopic (exact) mass is 416 g/mol. The maximum Gasteiger partial charge on any atom is 0.226 e. The van der Waals surface area contributed by atoms with E-state index in [9.17, 15) is 4.79 Å². The van der Waals surface area contributed by atoms with E-state index in [-0.39, 0.29) is 5.91 Å². The molecule has 0 aliphatic carbocycles. The predicted octanol–water partition coefficient (Wildman–Crippen LogP) is 6.60. The molecule has 0 fully saturated rings. The first-order valence-corrected chi connectivity index (χ1v) is 11.2. The first kappa shape index (κ1) is 19.4. The number of nitrogens with one attached hydrogen (secondary N) is 1. The molecule has 144 valence electrons. The second-order valence-electron chi connectivity index (χ2n) is 6.39. The molecule has 4 rings (SSSR count). The highest BCUT2D eigenvalue weighted by atomic mass is 32.2. The average molecular weight is 417 g/mol. The van der Waals surface area contributed by atoms with E-state index in [0.29, 0.717) is 11.6 Å². The van der Waals surface area contributed by atoms with Gasteiger partial charge in [-0.05, 0) is 17.7 Å². The topological polar surface area (TPSA) is 42.0 Å². The van der Waals surface area contributed by atoms with Gasteiger partial charge in [0.15, 0.2) is 5.13 Å². The van der Waals surface area contributed by atoms with Crippen LogP contribution in [0.25, 0.3) is 21.7 Å². The highest BCUT2D eigenvalue weighted by molar-refractivity contribution is 7.99. The zero-order valence-corrected chi connectivity index (χ0v) is 17.4. The standard InChI is InChI=1S/C24H20N2OS2/c27-21(16-17-28-20-14-8-3-9-15-20)25-24-26-22(18-10-4-1-5-11-18)23(29-24)19-12-6-2-7-13-19/h1-15H,16-17H2,(H,25,26,27). The summed E-state index contributed by atoms with van der Waals surface area (Å²) in [6.45, 7) is 0. The van der Waals surface area contributed by atoms with Crippen LogP contribution in [0.15, 0.2) is 95.9 Å². The molecule has 0 aliphatic heterocycles. The fourth-order valence-corrected chi connectivity index (χ4v) is 4.79. The molecule has 0 aliphatic rings. The van der Waals surface area contributed by atoms with E-state index in [1.807, 2.05) is 66.7 Å². The number of nitrogens with zero attached hydrogens (tertiary/aromatic N) is 1. The lowest BCUT2D eigenvalue weighted by Gasteiger charge is -2.02. The van der Waals surface area contributed by atoms with Crippen LogP contribution in [0.3, 0.4) is 0 Å². The summed E-state index contributed by atoms with van der Waals surface area (Å²) in [5.41, 5.74) is 3.04. The van der Waals surface area contributed by atoms with Crippen LogP contribution in [0.5, 0.6) is 0 Å². The largest absolute Gasteiger partial charge is 0.302 e. The minimum absolute atomic E-state index is 0.0126. The Morgan fingerprint density at radius 1 is 0.828 bits per heavy atom. The van der Waals surface area contributed by atoms with Gasteiger partial charge in [0.2, 0.25) is 5.91 Å². The second kappa shape index (κ2) is 9.54. The minimum Gasteiger partial charge on any atom is -0.302 e. The molecule has 5 heteroatoms. The van der Waals surface area contributed by atoms with Gasteiger partial charge >= 0.3 is 0 Å². The van der Waals surface area contributed by atoms with Crippen LogP contribution in [-0.4, -0.2) is 16.6 Å². The molecule has 29 heavy (non-hydrogen) atoms. The summed E-state index contributed by atoms with van der Waals surface area (Å²) in [6, 6.07) is 30.4. The minimum atomic E-state index is -0.0126. The fourth-order valence-electron chi connectivity index (χ4n) is 2.91. The van der Waals surface area contributed by atoms with E-state index < -0.39 is 0 Å². The molecule has 0 spiro atoms. The Labute approximate surface area is 178 Å². The van der Waals surface area contributed by atoms with E-state index in [4.69, 9.17) is 4.98 Å². The molecule has 0 radical (unpaired) electrons. The highest BCUT2D eigenvalue weighted by Gasteiger charge is 2.16. The van der Waals surface area contributed by atoms with Gasteiger partial charge in [-0.2, -0.15) is 0 Å². The third kappa shape index (κ3) is 5.13. The van der Waals surface area contributed by atoms with Gasteiger partial charge in [-0.15, -0.1) is 11.8 Å². The van der Waals surface area contributed by atoms with Gasteiger partial charge in [0.05, 0.1) is 10.6 Å². The van der Waals surface area contributed by atoms with Crippen molar-refractivity contribution >= 4 is 34.1 Å². The first-order chi connectivity index (χ1) is 14.3. The van der Waals surface area contributed by atoms with E-state index in [1.165, 1.54) is 16.2 Å². The molecule has 0 unspecified atom stereocenters. The van der Waals surface area contributed by atoms with Gasteiger partial charge in [-0.3, -0.25) is 4.79 Å². The number of carbonyl (C=O) groups is 1. The molecule has 4 aromatic rings. The zero-order valence-electron chi connectivity index (χ0n) is 15.7. The van der Waals surface area contributed by atoms with Crippen LogP contribution in [0, 0.1) is 0 Å². The number of carbonyl (C=O) groups excluding carboxylic acids is 1. The summed E-state index contributed by atoms with van der Waals surface area (Å²) in [5, 5.41) is 3.62. The van der Waals surface area contributed by atoms with Crippen molar-refractivity contribution < 1.29 is 4.79 Å². The first-order valence-electron chi connectivity index (χ1n) is 9.39. The number of rotatable bonds is 7. The molecule has 1 amide bonds. The van der Waals surface area contributed by atoms with Crippen molar-refractivity contribution in [1.29, 1.82) is 0 Å². The third-order valence-electron chi connectivity index (χ3n) is 4.30. The Morgan fingerprint density at radius 3 is 2.07 bits per heavy atom. The SMILES string of the molecule is O=C(CCSc1ccccc1)Nc1nc(-c2ccccc2)c(-c2ccccc2)s1. The molecule has 1 N–H and O–H groups in total. The smallest absolute Gasteiger partial charge is 0.226 e. The quantitative estimate of drug-likeness (QED) is 0.345. The summed E-state index contributed by atoms with van der Waals surface area (Å²) >= 11 is 3.20. The molecule has 1 aromatic heterocycles. The summed E-state index contributed by atoms with van der Waals surface area (Å²) < 4.78 is 0. The molecule has 0 atom stereocenters. The van der Waals surface area contributed by atoms with Crippen LogP contribution >= 0.6 is 23.1 Å². The molecular formula is C24H20N2OS2. The van der Waals surface area contributed by atoms with Gasteiger partial charge in [-0.1, -0.05) is 90.2 Å². The van der Waals surface area contributed by atoms with Crippen molar-refractivity contribution in [3.8, 4) is 21.7 Å². The summed E-state index contributed by atoms with van der Waals surface area (Å²) in [6.07, 6.45) is 0.445. The van der Waals surface area contributed by atoms with Crippen LogP contribution in [-0.2, 0) is 4.79 Å². The number of thioether (sulfide) groups is 1. The maximum atomic E-state index is 12.4. The number of hydrogen-bond acceptors (Lipinski definition) is 4. The number of aromatic nitrogens is 1. The Bertz CT molecular complexity index is 1010. The number of benzene rings is 3. The van der Waals surface area contributed by atoms with Crippen molar-refractivity contribution in [3.05, 3.63) is 91.0 Å². The van der Waals surface area contributed by atoms with Gasteiger partial charge in [0.1, 0.15) is 0 Å². The van der Waals surface area contributed by atoms with Gasteiger partial charge in [-0.25, -0.2) is 4.98 Å². The zero-order chi connectivity index (χ0) is 19.9. The average Bonchev–Trinajstić information content (AvgIpc) is 3.19. The number of amides is 1. The van der Waals surface area contributed by atoms with Gasteiger partial charge < -0.3 is 5.32 Å². The van der Waals surface area contributed by atoms with Crippen LogP contribution in [0.2, 0.25) is 0 Å². The van der Waals surface area contributed by atoms with Crippen LogP contribution in [0.1, 0.15) is 6.42 Å².